The van der Waals surface area contributed by atoms with Gasteiger partial charge in [-0.1, -0.05) is 48.0 Å². The highest BCUT2D eigenvalue weighted by Gasteiger charge is 2.44. The van der Waals surface area contributed by atoms with E-state index in [2.05, 4.69) is 0 Å². The molecule has 0 N–H and O–H groups in total. The van der Waals surface area contributed by atoms with Gasteiger partial charge >= 0.3 is 0 Å². The van der Waals surface area contributed by atoms with E-state index in [1.807, 2.05) is 31.2 Å². The van der Waals surface area contributed by atoms with E-state index in [1.54, 1.807) is 54.6 Å². The number of anilines is 1. The maximum Gasteiger partial charge on any atom is 0.257 e. The van der Waals surface area contributed by atoms with Crippen molar-refractivity contribution < 1.29 is 14.4 Å². The van der Waals surface area contributed by atoms with Gasteiger partial charge in [-0.25, -0.2) is 4.90 Å². The normalized spacial score (nSPS) is 15.4. The Hall–Kier alpha value is -3.95. The molecule has 1 fully saturated rings. The highest BCUT2D eigenvalue weighted by Crippen LogP contribution is 2.29. The molecule has 3 amide bonds. The summed E-state index contributed by atoms with van der Waals surface area (Å²) >= 11 is 6.35. The van der Waals surface area contributed by atoms with Crippen molar-refractivity contribution in [3.05, 3.63) is 100 Å². The van der Waals surface area contributed by atoms with Crippen LogP contribution in [-0.2, 0) is 16.1 Å². The number of aryl methyl sites for hydroxylation is 1. The van der Waals surface area contributed by atoms with Crippen molar-refractivity contribution in [2.24, 2.45) is 0 Å². The highest BCUT2D eigenvalue weighted by molar-refractivity contribution is 6.31. The molecule has 0 aromatic heterocycles. The van der Waals surface area contributed by atoms with Crippen LogP contribution in [0.15, 0.2) is 72.8 Å². The number of hydrogen-bond acceptors (Lipinski definition) is 4. The quantitative estimate of drug-likeness (QED) is 0.528. The lowest BCUT2D eigenvalue weighted by Crippen LogP contribution is -2.45. The fourth-order valence-electron chi connectivity index (χ4n) is 3.92. The Morgan fingerprint density at radius 2 is 1.73 bits per heavy atom. The summed E-state index contributed by atoms with van der Waals surface area (Å²) in [5, 5.41) is 9.49. The molecule has 1 aliphatic heterocycles. The molecule has 0 radical (unpaired) electrons. The first-order valence-corrected chi connectivity index (χ1v) is 10.8. The molecule has 1 aliphatic rings. The Labute approximate surface area is 196 Å². The number of nitriles is 1. The number of imide groups is 1. The van der Waals surface area contributed by atoms with Gasteiger partial charge in [-0.15, -0.1) is 0 Å². The minimum Gasteiger partial charge on any atom is -0.322 e. The average Bonchev–Trinajstić information content (AvgIpc) is 3.12. The number of hydrogen-bond donors (Lipinski definition) is 0. The van der Waals surface area contributed by atoms with E-state index in [0.717, 1.165) is 10.5 Å². The Kier molecular flexibility index (Phi) is 6.25. The first-order valence-electron chi connectivity index (χ1n) is 10.4. The molecule has 1 unspecified atom stereocenters. The van der Waals surface area contributed by atoms with E-state index >= 15 is 0 Å². The van der Waals surface area contributed by atoms with Crippen molar-refractivity contribution >= 4 is 35.0 Å². The summed E-state index contributed by atoms with van der Waals surface area (Å²) in [6.45, 7) is 1.91. The van der Waals surface area contributed by atoms with Crippen LogP contribution in [0.5, 0.6) is 0 Å². The smallest absolute Gasteiger partial charge is 0.257 e. The van der Waals surface area contributed by atoms with E-state index in [4.69, 9.17) is 16.9 Å². The van der Waals surface area contributed by atoms with Crippen LogP contribution in [0.3, 0.4) is 0 Å². The summed E-state index contributed by atoms with van der Waals surface area (Å²) in [4.78, 5) is 42.4. The van der Waals surface area contributed by atoms with Gasteiger partial charge in [0.1, 0.15) is 6.04 Å². The van der Waals surface area contributed by atoms with E-state index < -0.39 is 17.9 Å². The summed E-state index contributed by atoms with van der Waals surface area (Å²) in [6, 6.07) is 21.5. The highest BCUT2D eigenvalue weighted by atomic mass is 35.5. The summed E-state index contributed by atoms with van der Waals surface area (Å²) in [5.41, 5.74) is 2.70. The zero-order valence-corrected chi connectivity index (χ0v) is 18.6. The Morgan fingerprint density at radius 1 is 1.06 bits per heavy atom. The molecule has 33 heavy (non-hydrogen) atoms. The second-order valence-electron chi connectivity index (χ2n) is 7.79. The molecular formula is C26H20ClN3O3. The van der Waals surface area contributed by atoms with Crippen LogP contribution in [-0.4, -0.2) is 28.7 Å². The lowest BCUT2D eigenvalue weighted by Gasteiger charge is -2.28. The Bertz CT molecular complexity index is 1280. The predicted molar refractivity (Wildman–Crippen MR) is 125 cm³/mol. The molecule has 7 heteroatoms. The van der Waals surface area contributed by atoms with Gasteiger partial charge in [0.2, 0.25) is 5.91 Å². The topological polar surface area (TPSA) is 81.5 Å². The minimum absolute atomic E-state index is 0.0811. The van der Waals surface area contributed by atoms with Gasteiger partial charge in [0.15, 0.2) is 0 Å². The molecule has 3 aromatic rings. The molecule has 4 rings (SSSR count). The third-order valence-electron chi connectivity index (χ3n) is 5.69. The summed E-state index contributed by atoms with van der Waals surface area (Å²) in [7, 11) is 0. The number of halogens is 1. The van der Waals surface area contributed by atoms with Crippen molar-refractivity contribution in [1.82, 2.24) is 4.90 Å². The molecular weight excluding hydrogens is 438 g/mol. The van der Waals surface area contributed by atoms with Crippen LogP contribution in [0.2, 0.25) is 5.02 Å². The van der Waals surface area contributed by atoms with Crippen molar-refractivity contribution in [2.45, 2.75) is 25.9 Å². The summed E-state index contributed by atoms with van der Waals surface area (Å²) in [6.07, 6.45) is -0.138. The van der Waals surface area contributed by atoms with Gasteiger partial charge < -0.3 is 4.90 Å². The second-order valence-corrected chi connectivity index (χ2v) is 8.19. The van der Waals surface area contributed by atoms with Gasteiger partial charge in [-0.05, 0) is 54.4 Å². The SMILES string of the molecule is Cc1ccccc1C(=O)N(Cc1ccccc1Cl)C1CC(=O)N(c2ccc(C#N)cc2)C1=O. The van der Waals surface area contributed by atoms with Crippen molar-refractivity contribution in [3.63, 3.8) is 0 Å². The predicted octanol–water partition coefficient (Wildman–Crippen LogP) is 4.49. The lowest BCUT2D eigenvalue weighted by molar-refractivity contribution is -0.122. The van der Waals surface area contributed by atoms with Crippen LogP contribution >= 0.6 is 11.6 Å². The average molecular weight is 458 g/mol. The standard InChI is InChI=1S/C26H20ClN3O3/c1-17-6-2-4-8-21(17)25(32)29(16-19-7-3-5-9-22(19)27)23-14-24(31)30(26(23)33)20-12-10-18(15-28)11-13-20/h2-13,23H,14,16H2,1H3. The summed E-state index contributed by atoms with van der Waals surface area (Å²) in [5.74, 6) is -1.24. The maximum atomic E-state index is 13.6. The molecule has 1 heterocycles. The zero-order valence-electron chi connectivity index (χ0n) is 17.9. The van der Waals surface area contributed by atoms with E-state index in [-0.39, 0.29) is 18.9 Å². The van der Waals surface area contributed by atoms with E-state index in [9.17, 15) is 14.4 Å². The molecule has 0 spiro atoms. The zero-order chi connectivity index (χ0) is 23.5. The van der Waals surface area contributed by atoms with Crippen molar-refractivity contribution in [1.29, 1.82) is 5.26 Å². The van der Waals surface area contributed by atoms with E-state index in [0.29, 0.717) is 27.4 Å². The van der Waals surface area contributed by atoms with Gasteiger partial charge in [0, 0.05) is 17.1 Å². The number of amides is 3. The van der Waals surface area contributed by atoms with Crippen molar-refractivity contribution in [3.8, 4) is 6.07 Å². The molecule has 3 aromatic carbocycles. The van der Waals surface area contributed by atoms with E-state index in [1.165, 1.54) is 4.90 Å². The molecule has 0 aliphatic carbocycles. The number of benzene rings is 3. The van der Waals surface area contributed by atoms with Gasteiger partial charge in [-0.2, -0.15) is 5.26 Å². The number of rotatable bonds is 5. The van der Waals surface area contributed by atoms with Gasteiger partial charge in [0.05, 0.1) is 23.7 Å². The van der Waals surface area contributed by atoms with Gasteiger partial charge in [0.25, 0.3) is 11.8 Å². The fraction of sp³-hybridized carbons (Fsp3) is 0.154. The molecule has 164 valence electrons. The molecule has 1 atom stereocenters. The first kappa shape index (κ1) is 22.3. The van der Waals surface area contributed by atoms with Crippen LogP contribution in [0.25, 0.3) is 0 Å². The van der Waals surface area contributed by atoms with Crippen LogP contribution in [0.1, 0.15) is 33.5 Å². The molecule has 0 saturated carbocycles. The monoisotopic (exact) mass is 457 g/mol. The Balaban J connectivity index is 1.72. The van der Waals surface area contributed by atoms with Crippen LogP contribution in [0.4, 0.5) is 5.69 Å². The van der Waals surface area contributed by atoms with Crippen molar-refractivity contribution in [2.75, 3.05) is 4.90 Å². The summed E-state index contributed by atoms with van der Waals surface area (Å²) < 4.78 is 0. The first-order chi connectivity index (χ1) is 15.9. The number of nitrogens with zero attached hydrogens (tertiary/aromatic N) is 3. The molecule has 6 nitrogen and oxygen atoms in total. The molecule has 1 saturated heterocycles. The second kappa shape index (κ2) is 9.27. The van der Waals surface area contributed by atoms with Gasteiger partial charge in [-0.3, -0.25) is 14.4 Å². The third-order valence-corrected chi connectivity index (χ3v) is 6.06. The largest absolute Gasteiger partial charge is 0.322 e. The number of carbonyl (C=O) groups is 3. The Morgan fingerprint density at radius 3 is 2.39 bits per heavy atom. The van der Waals surface area contributed by atoms with Crippen LogP contribution in [0, 0.1) is 18.3 Å². The molecule has 0 bridgehead atoms. The lowest BCUT2D eigenvalue weighted by atomic mass is 10.0. The number of carbonyl (C=O) groups excluding carboxylic acids is 3. The maximum absolute atomic E-state index is 13.6. The fourth-order valence-corrected chi connectivity index (χ4v) is 4.11. The third kappa shape index (κ3) is 4.36. The minimum atomic E-state index is -0.975. The van der Waals surface area contributed by atoms with Crippen LogP contribution < -0.4 is 4.90 Å².